The molecule has 1 atom stereocenters. The highest BCUT2D eigenvalue weighted by Gasteiger charge is 2.11. The van der Waals surface area contributed by atoms with E-state index >= 15 is 0 Å². The fourth-order valence-corrected chi connectivity index (χ4v) is 2.25. The standard InChI is InChI=1S/C19H18N2O2/c1-2-22-18-7-4-8-19(12-18)23-10-9-17(14-21)16-6-3-5-15(11-16)13-20/h3-8,11-12,17H,2,9-10H2,1H3. The molecule has 0 aliphatic carbocycles. The van der Waals surface area contributed by atoms with E-state index in [1.165, 1.54) is 0 Å². The molecule has 0 saturated heterocycles. The summed E-state index contributed by atoms with van der Waals surface area (Å²) in [6.45, 7) is 2.96. The SMILES string of the molecule is CCOc1cccc(OCCC(C#N)c2cccc(C#N)c2)c1. The average Bonchev–Trinajstić information content (AvgIpc) is 2.59. The van der Waals surface area contributed by atoms with E-state index in [-0.39, 0.29) is 5.92 Å². The van der Waals surface area contributed by atoms with Crippen molar-refractivity contribution in [2.75, 3.05) is 13.2 Å². The van der Waals surface area contributed by atoms with Crippen molar-refractivity contribution < 1.29 is 9.47 Å². The Balaban J connectivity index is 1.95. The van der Waals surface area contributed by atoms with E-state index < -0.39 is 0 Å². The van der Waals surface area contributed by atoms with E-state index in [0.29, 0.717) is 25.2 Å². The van der Waals surface area contributed by atoms with Gasteiger partial charge in [0.15, 0.2) is 0 Å². The zero-order valence-electron chi connectivity index (χ0n) is 13.0. The van der Waals surface area contributed by atoms with Gasteiger partial charge < -0.3 is 9.47 Å². The van der Waals surface area contributed by atoms with Crippen molar-refractivity contribution in [2.24, 2.45) is 0 Å². The first-order valence-electron chi connectivity index (χ1n) is 7.52. The van der Waals surface area contributed by atoms with Gasteiger partial charge in [0.1, 0.15) is 11.5 Å². The largest absolute Gasteiger partial charge is 0.494 e. The van der Waals surface area contributed by atoms with Crippen LogP contribution in [-0.4, -0.2) is 13.2 Å². The van der Waals surface area contributed by atoms with Gasteiger partial charge in [-0.2, -0.15) is 10.5 Å². The summed E-state index contributed by atoms with van der Waals surface area (Å²) in [6, 6.07) is 19.0. The number of nitrogens with zero attached hydrogens (tertiary/aromatic N) is 2. The highest BCUT2D eigenvalue weighted by molar-refractivity contribution is 5.36. The first-order valence-corrected chi connectivity index (χ1v) is 7.52. The summed E-state index contributed by atoms with van der Waals surface area (Å²) < 4.78 is 11.1. The Morgan fingerprint density at radius 2 is 1.74 bits per heavy atom. The summed E-state index contributed by atoms with van der Waals surface area (Å²) in [7, 11) is 0. The van der Waals surface area contributed by atoms with E-state index in [9.17, 15) is 5.26 Å². The molecule has 0 bridgehead atoms. The van der Waals surface area contributed by atoms with Crippen LogP contribution in [0.3, 0.4) is 0 Å². The lowest BCUT2D eigenvalue weighted by atomic mass is 9.96. The number of nitriles is 2. The van der Waals surface area contributed by atoms with Crippen LogP contribution >= 0.6 is 0 Å². The molecule has 0 heterocycles. The van der Waals surface area contributed by atoms with Crippen LogP contribution in [0.25, 0.3) is 0 Å². The smallest absolute Gasteiger partial charge is 0.122 e. The predicted octanol–water partition coefficient (Wildman–Crippen LogP) is 4.03. The van der Waals surface area contributed by atoms with Crippen LogP contribution in [0.1, 0.15) is 30.4 Å². The fourth-order valence-electron chi connectivity index (χ4n) is 2.25. The maximum Gasteiger partial charge on any atom is 0.122 e. The van der Waals surface area contributed by atoms with Gasteiger partial charge in [-0.15, -0.1) is 0 Å². The third-order valence-corrected chi connectivity index (χ3v) is 3.37. The number of rotatable bonds is 7. The second-order valence-electron chi connectivity index (χ2n) is 4.96. The Bertz CT molecular complexity index is 729. The second-order valence-corrected chi connectivity index (χ2v) is 4.96. The zero-order valence-corrected chi connectivity index (χ0v) is 13.0. The molecule has 4 heteroatoms. The highest BCUT2D eigenvalue weighted by Crippen LogP contribution is 2.23. The first kappa shape index (κ1) is 16.4. The monoisotopic (exact) mass is 306 g/mol. The molecule has 2 rings (SSSR count). The van der Waals surface area contributed by atoms with Crippen molar-refractivity contribution in [1.29, 1.82) is 10.5 Å². The quantitative estimate of drug-likeness (QED) is 0.774. The molecule has 0 spiro atoms. The molecule has 0 aliphatic heterocycles. The van der Waals surface area contributed by atoms with Crippen LogP contribution in [0.15, 0.2) is 48.5 Å². The fraction of sp³-hybridized carbons (Fsp3) is 0.263. The first-order chi connectivity index (χ1) is 11.3. The summed E-state index contributed by atoms with van der Waals surface area (Å²) in [6.07, 6.45) is 0.560. The molecule has 0 fully saturated rings. The van der Waals surface area contributed by atoms with Crippen LogP contribution in [0.2, 0.25) is 0 Å². The molecular formula is C19H18N2O2. The summed E-state index contributed by atoms with van der Waals surface area (Å²) in [4.78, 5) is 0. The number of hydrogen-bond donors (Lipinski definition) is 0. The van der Waals surface area contributed by atoms with E-state index in [1.807, 2.05) is 37.3 Å². The van der Waals surface area contributed by atoms with Crippen molar-refractivity contribution in [3.05, 3.63) is 59.7 Å². The molecule has 4 nitrogen and oxygen atoms in total. The lowest BCUT2D eigenvalue weighted by Gasteiger charge is -2.12. The van der Waals surface area contributed by atoms with Gasteiger partial charge in [-0.25, -0.2) is 0 Å². The Morgan fingerprint density at radius 1 is 1.00 bits per heavy atom. The van der Waals surface area contributed by atoms with Crippen molar-refractivity contribution in [3.8, 4) is 23.6 Å². The molecule has 2 aromatic rings. The van der Waals surface area contributed by atoms with E-state index in [1.54, 1.807) is 18.2 Å². The van der Waals surface area contributed by atoms with Crippen molar-refractivity contribution in [3.63, 3.8) is 0 Å². The van der Waals surface area contributed by atoms with Crippen LogP contribution in [0.5, 0.6) is 11.5 Å². The summed E-state index contributed by atoms with van der Waals surface area (Å²) in [5, 5.41) is 18.3. The van der Waals surface area contributed by atoms with Gasteiger partial charge >= 0.3 is 0 Å². The highest BCUT2D eigenvalue weighted by atomic mass is 16.5. The molecule has 0 aliphatic rings. The van der Waals surface area contributed by atoms with E-state index in [4.69, 9.17) is 14.7 Å². The molecule has 0 amide bonds. The molecule has 0 saturated carbocycles. The van der Waals surface area contributed by atoms with Crippen LogP contribution in [0.4, 0.5) is 0 Å². The van der Waals surface area contributed by atoms with Gasteiger partial charge in [-0.3, -0.25) is 0 Å². The summed E-state index contributed by atoms with van der Waals surface area (Å²) >= 11 is 0. The van der Waals surface area contributed by atoms with Gasteiger partial charge in [0.05, 0.1) is 36.8 Å². The minimum Gasteiger partial charge on any atom is -0.494 e. The lowest BCUT2D eigenvalue weighted by Crippen LogP contribution is -2.05. The molecule has 1 unspecified atom stereocenters. The third-order valence-electron chi connectivity index (χ3n) is 3.37. The molecule has 0 N–H and O–H groups in total. The van der Waals surface area contributed by atoms with Gasteiger partial charge in [-0.1, -0.05) is 18.2 Å². The summed E-state index contributed by atoms with van der Waals surface area (Å²) in [5.74, 6) is 1.19. The van der Waals surface area contributed by atoms with Crippen LogP contribution in [-0.2, 0) is 0 Å². The second kappa shape index (κ2) is 8.46. The third kappa shape index (κ3) is 4.76. The summed E-state index contributed by atoms with van der Waals surface area (Å²) in [5.41, 5.74) is 1.41. The molecule has 116 valence electrons. The molecule has 2 aromatic carbocycles. The van der Waals surface area contributed by atoms with Crippen molar-refractivity contribution in [1.82, 2.24) is 0 Å². The molecular weight excluding hydrogens is 288 g/mol. The Morgan fingerprint density at radius 3 is 2.43 bits per heavy atom. The maximum atomic E-state index is 9.35. The molecule has 0 aromatic heterocycles. The maximum absolute atomic E-state index is 9.35. The topological polar surface area (TPSA) is 66.0 Å². The number of hydrogen-bond acceptors (Lipinski definition) is 4. The predicted molar refractivity (Wildman–Crippen MR) is 87.2 cm³/mol. The van der Waals surface area contributed by atoms with Crippen molar-refractivity contribution >= 4 is 0 Å². The Labute approximate surface area is 136 Å². The van der Waals surface area contributed by atoms with Crippen molar-refractivity contribution in [2.45, 2.75) is 19.3 Å². The number of ether oxygens (including phenoxy) is 2. The zero-order chi connectivity index (χ0) is 16.5. The molecule has 0 radical (unpaired) electrons. The van der Waals surface area contributed by atoms with Gasteiger partial charge in [0.2, 0.25) is 0 Å². The minimum absolute atomic E-state index is 0.293. The van der Waals surface area contributed by atoms with Crippen LogP contribution in [0, 0.1) is 22.7 Å². The number of benzene rings is 2. The average molecular weight is 306 g/mol. The Hall–Kier alpha value is -2.98. The van der Waals surface area contributed by atoms with Gasteiger partial charge in [0, 0.05) is 12.5 Å². The molecule has 23 heavy (non-hydrogen) atoms. The van der Waals surface area contributed by atoms with E-state index in [2.05, 4.69) is 12.1 Å². The minimum atomic E-state index is -0.293. The Kier molecular flexibility index (Phi) is 6.03. The normalized spacial score (nSPS) is 11.1. The van der Waals surface area contributed by atoms with Crippen LogP contribution < -0.4 is 9.47 Å². The van der Waals surface area contributed by atoms with Gasteiger partial charge in [0.25, 0.3) is 0 Å². The van der Waals surface area contributed by atoms with Gasteiger partial charge in [-0.05, 0) is 36.8 Å². The van der Waals surface area contributed by atoms with E-state index in [0.717, 1.165) is 17.1 Å². The lowest BCUT2D eigenvalue weighted by molar-refractivity contribution is 0.300.